The summed E-state index contributed by atoms with van der Waals surface area (Å²) in [5, 5.41) is 10.9. The Hall–Kier alpha value is -2.63. The van der Waals surface area contributed by atoms with Gasteiger partial charge in [-0.2, -0.15) is 5.10 Å². The standard InChI is InChI=1S/C16H20N4O2/c1-11-7-5-6-8-14(11)9-17-22-10-15(21)18-16-12(2)19-20(4)13(16)3/h5-9H,10H2,1-4H3,(H,18,21)/b17-9-. The van der Waals surface area contributed by atoms with Crippen LogP contribution >= 0.6 is 0 Å². The molecule has 0 radical (unpaired) electrons. The topological polar surface area (TPSA) is 68.5 Å². The van der Waals surface area contributed by atoms with E-state index in [2.05, 4.69) is 15.6 Å². The van der Waals surface area contributed by atoms with Crippen molar-refractivity contribution in [1.82, 2.24) is 9.78 Å². The first-order valence-corrected chi connectivity index (χ1v) is 7.00. The van der Waals surface area contributed by atoms with Crippen LogP contribution in [0.25, 0.3) is 0 Å². The van der Waals surface area contributed by atoms with Gasteiger partial charge >= 0.3 is 0 Å². The summed E-state index contributed by atoms with van der Waals surface area (Å²) in [6.45, 7) is 5.59. The second-order valence-corrected chi connectivity index (χ2v) is 5.08. The molecule has 2 aromatic rings. The van der Waals surface area contributed by atoms with Gasteiger partial charge in [-0.1, -0.05) is 29.4 Å². The normalized spacial score (nSPS) is 10.9. The highest BCUT2D eigenvalue weighted by Gasteiger charge is 2.12. The van der Waals surface area contributed by atoms with Crippen molar-refractivity contribution in [1.29, 1.82) is 0 Å². The molecule has 0 bridgehead atoms. The van der Waals surface area contributed by atoms with Gasteiger partial charge in [-0.3, -0.25) is 9.48 Å². The predicted octanol–water partition coefficient (Wildman–Crippen LogP) is 2.33. The Morgan fingerprint density at radius 2 is 2.09 bits per heavy atom. The third-order valence-corrected chi connectivity index (χ3v) is 3.42. The lowest BCUT2D eigenvalue weighted by atomic mass is 10.1. The second-order valence-electron chi connectivity index (χ2n) is 5.08. The van der Waals surface area contributed by atoms with Crippen LogP contribution in [0, 0.1) is 20.8 Å². The van der Waals surface area contributed by atoms with Gasteiger partial charge in [0.25, 0.3) is 5.91 Å². The first kappa shape index (κ1) is 15.8. The van der Waals surface area contributed by atoms with E-state index in [4.69, 9.17) is 4.84 Å². The van der Waals surface area contributed by atoms with Gasteiger partial charge in [0.05, 0.1) is 23.3 Å². The molecule has 0 fully saturated rings. The van der Waals surface area contributed by atoms with Crippen LogP contribution in [0.1, 0.15) is 22.5 Å². The van der Waals surface area contributed by atoms with Crippen molar-refractivity contribution in [3.63, 3.8) is 0 Å². The quantitative estimate of drug-likeness (QED) is 0.680. The maximum absolute atomic E-state index is 11.9. The highest BCUT2D eigenvalue weighted by Crippen LogP contribution is 2.17. The third-order valence-electron chi connectivity index (χ3n) is 3.42. The monoisotopic (exact) mass is 300 g/mol. The molecule has 1 heterocycles. The van der Waals surface area contributed by atoms with Crippen LogP contribution in [0.5, 0.6) is 0 Å². The van der Waals surface area contributed by atoms with Crippen LogP contribution in [0.2, 0.25) is 0 Å². The highest BCUT2D eigenvalue weighted by atomic mass is 16.6. The number of rotatable bonds is 5. The summed E-state index contributed by atoms with van der Waals surface area (Å²) >= 11 is 0. The van der Waals surface area contributed by atoms with Gasteiger partial charge in [0.15, 0.2) is 6.61 Å². The minimum atomic E-state index is -0.263. The first-order valence-electron chi connectivity index (χ1n) is 7.00. The third kappa shape index (κ3) is 3.72. The lowest BCUT2D eigenvalue weighted by molar-refractivity contribution is -0.120. The van der Waals surface area contributed by atoms with E-state index in [1.165, 1.54) is 0 Å². The number of hydrogen-bond donors (Lipinski definition) is 1. The highest BCUT2D eigenvalue weighted by molar-refractivity contribution is 5.92. The Bertz CT molecular complexity index is 704. The Morgan fingerprint density at radius 3 is 2.73 bits per heavy atom. The fraction of sp³-hybridized carbons (Fsp3) is 0.312. The number of anilines is 1. The molecule has 22 heavy (non-hydrogen) atoms. The van der Waals surface area contributed by atoms with Crippen LogP contribution < -0.4 is 5.32 Å². The number of hydrogen-bond acceptors (Lipinski definition) is 4. The van der Waals surface area contributed by atoms with Crippen molar-refractivity contribution in [2.24, 2.45) is 12.2 Å². The van der Waals surface area contributed by atoms with Crippen molar-refractivity contribution in [3.8, 4) is 0 Å². The van der Waals surface area contributed by atoms with E-state index in [-0.39, 0.29) is 12.5 Å². The molecule has 0 aliphatic carbocycles. The van der Waals surface area contributed by atoms with Crippen LogP contribution in [-0.4, -0.2) is 28.5 Å². The number of aryl methyl sites for hydroxylation is 3. The van der Waals surface area contributed by atoms with Gasteiger partial charge in [0.1, 0.15) is 0 Å². The molecule has 0 aliphatic rings. The molecule has 0 atom stereocenters. The number of nitrogens with one attached hydrogen (secondary N) is 1. The van der Waals surface area contributed by atoms with Crippen LogP contribution in [-0.2, 0) is 16.7 Å². The number of oxime groups is 1. The molecule has 0 aliphatic heterocycles. The molecule has 1 N–H and O–H groups in total. The maximum atomic E-state index is 11.9. The van der Waals surface area contributed by atoms with Gasteiger partial charge in [0, 0.05) is 7.05 Å². The summed E-state index contributed by atoms with van der Waals surface area (Å²) in [5.41, 5.74) is 4.45. The summed E-state index contributed by atoms with van der Waals surface area (Å²) in [6.07, 6.45) is 1.60. The zero-order chi connectivity index (χ0) is 16.1. The molecule has 2 rings (SSSR count). The van der Waals surface area contributed by atoms with Crippen molar-refractivity contribution >= 4 is 17.8 Å². The molecule has 1 aromatic carbocycles. The van der Waals surface area contributed by atoms with Crippen molar-refractivity contribution < 1.29 is 9.63 Å². The van der Waals surface area contributed by atoms with E-state index < -0.39 is 0 Å². The predicted molar refractivity (Wildman–Crippen MR) is 86.0 cm³/mol. The van der Waals surface area contributed by atoms with Gasteiger partial charge < -0.3 is 10.2 Å². The van der Waals surface area contributed by atoms with Crippen molar-refractivity contribution in [2.45, 2.75) is 20.8 Å². The molecule has 0 spiro atoms. The Kier molecular flexibility index (Phi) is 4.93. The summed E-state index contributed by atoms with van der Waals surface area (Å²) in [7, 11) is 1.83. The van der Waals surface area contributed by atoms with Crippen LogP contribution in [0.4, 0.5) is 5.69 Å². The van der Waals surface area contributed by atoms with Crippen molar-refractivity contribution in [3.05, 3.63) is 46.8 Å². The summed E-state index contributed by atoms with van der Waals surface area (Å²) < 4.78 is 1.72. The van der Waals surface area contributed by atoms with Crippen molar-refractivity contribution in [2.75, 3.05) is 11.9 Å². The molecule has 116 valence electrons. The number of amides is 1. The van der Waals surface area contributed by atoms with Gasteiger partial charge in [0.2, 0.25) is 0 Å². The smallest absolute Gasteiger partial charge is 0.265 e. The molecule has 1 aromatic heterocycles. The Labute approximate surface area is 129 Å². The largest absolute Gasteiger partial charge is 0.386 e. The van der Waals surface area contributed by atoms with E-state index in [1.54, 1.807) is 10.9 Å². The van der Waals surface area contributed by atoms with Crippen LogP contribution in [0.3, 0.4) is 0 Å². The first-order chi connectivity index (χ1) is 10.5. The van der Waals surface area contributed by atoms with E-state index in [1.807, 2.05) is 52.1 Å². The fourth-order valence-electron chi connectivity index (χ4n) is 2.05. The van der Waals surface area contributed by atoms with E-state index >= 15 is 0 Å². The Balaban J connectivity index is 1.87. The number of carbonyl (C=O) groups is 1. The Morgan fingerprint density at radius 1 is 1.36 bits per heavy atom. The average molecular weight is 300 g/mol. The van der Waals surface area contributed by atoms with Gasteiger partial charge in [-0.25, -0.2) is 0 Å². The summed E-state index contributed by atoms with van der Waals surface area (Å²) in [5.74, 6) is -0.263. The zero-order valence-electron chi connectivity index (χ0n) is 13.3. The summed E-state index contributed by atoms with van der Waals surface area (Å²) in [4.78, 5) is 16.9. The summed E-state index contributed by atoms with van der Waals surface area (Å²) in [6, 6.07) is 7.81. The number of carbonyl (C=O) groups excluding carboxylic acids is 1. The molecular weight excluding hydrogens is 280 g/mol. The molecule has 0 saturated heterocycles. The van der Waals surface area contributed by atoms with Gasteiger partial charge in [-0.05, 0) is 31.9 Å². The lowest BCUT2D eigenvalue weighted by Gasteiger charge is -2.04. The van der Waals surface area contributed by atoms with E-state index in [9.17, 15) is 4.79 Å². The molecule has 1 amide bonds. The maximum Gasteiger partial charge on any atom is 0.265 e. The van der Waals surface area contributed by atoms with E-state index in [0.29, 0.717) is 0 Å². The fourth-order valence-corrected chi connectivity index (χ4v) is 2.05. The van der Waals surface area contributed by atoms with Crippen LogP contribution in [0.15, 0.2) is 29.4 Å². The number of aromatic nitrogens is 2. The number of benzene rings is 1. The minimum absolute atomic E-state index is 0.143. The molecule has 0 unspecified atom stereocenters. The lowest BCUT2D eigenvalue weighted by Crippen LogP contribution is -2.18. The minimum Gasteiger partial charge on any atom is -0.386 e. The second kappa shape index (κ2) is 6.89. The SMILES string of the molecule is Cc1ccccc1/C=N\OCC(=O)Nc1c(C)nn(C)c1C. The van der Waals surface area contributed by atoms with Gasteiger partial charge in [-0.15, -0.1) is 0 Å². The molecule has 6 nitrogen and oxygen atoms in total. The molecular formula is C16H20N4O2. The molecule has 0 saturated carbocycles. The number of nitrogens with zero attached hydrogens (tertiary/aromatic N) is 3. The average Bonchev–Trinajstić information content (AvgIpc) is 2.72. The van der Waals surface area contributed by atoms with E-state index in [0.717, 1.165) is 28.2 Å². The molecule has 6 heteroatoms. The zero-order valence-corrected chi connectivity index (χ0v) is 13.3.